The Labute approximate surface area is 137 Å². The zero-order chi connectivity index (χ0) is 17.1. The SMILES string of the molecule is COc1cccc([C@@H]2C[C@H]2NC(=O)c2ccc(OC(F)F)nc2)c1. The second kappa shape index (κ2) is 6.82. The molecule has 5 nitrogen and oxygen atoms in total. The molecule has 126 valence electrons. The van der Waals surface area contributed by atoms with Gasteiger partial charge in [-0.1, -0.05) is 12.1 Å². The van der Waals surface area contributed by atoms with Crippen LogP contribution in [0.1, 0.15) is 28.3 Å². The Hall–Kier alpha value is -2.70. The summed E-state index contributed by atoms with van der Waals surface area (Å²) in [6.45, 7) is -2.94. The van der Waals surface area contributed by atoms with Gasteiger partial charge in [-0.15, -0.1) is 0 Å². The zero-order valence-corrected chi connectivity index (χ0v) is 12.9. The molecule has 3 rings (SSSR count). The third kappa shape index (κ3) is 3.79. The minimum atomic E-state index is -2.94. The van der Waals surface area contributed by atoms with Gasteiger partial charge in [0, 0.05) is 24.2 Å². The van der Waals surface area contributed by atoms with Gasteiger partial charge in [-0.05, 0) is 30.2 Å². The van der Waals surface area contributed by atoms with Crippen molar-refractivity contribution in [2.24, 2.45) is 0 Å². The van der Waals surface area contributed by atoms with Crippen LogP contribution in [-0.2, 0) is 0 Å². The average Bonchev–Trinajstić information content (AvgIpc) is 3.34. The highest BCUT2D eigenvalue weighted by molar-refractivity contribution is 5.94. The number of pyridine rings is 1. The molecule has 1 aliphatic rings. The number of methoxy groups -OCH3 is 1. The van der Waals surface area contributed by atoms with Crippen molar-refractivity contribution >= 4 is 5.91 Å². The zero-order valence-electron chi connectivity index (χ0n) is 12.9. The van der Waals surface area contributed by atoms with Crippen molar-refractivity contribution in [2.75, 3.05) is 7.11 Å². The van der Waals surface area contributed by atoms with Crippen LogP contribution in [0.3, 0.4) is 0 Å². The lowest BCUT2D eigenvalue weighted by Gasteiger charge is -2.07. The Morgan fingerprint density at radius 3 is 2.83 bits per heavy atom. The molecule has 0 bridgehead atoms. The molecule has 0 spiro atoms. The Kier molecular flexibility index (Phi) is 4.59. The molecule has 1 amide bonds. The van der Waals surface area contributed by atoms with E-state index in [1.807, 2.05) is 24.3 Å². The molecule has 0 aliphatic heterocycles. The van der Waals surface area contributed by atoms with Crippen molar-refractivity contribution < 1.29 is 23.0 Å². The molecule has 0 unspecified atom stereocenters. The minimum absolute atomic E-state index is 0.0431. The number of rotatable bonds is 6. The van der Waals surface area contributed by atoms with Crippen LogP contribution in [0.4, 0.5) is 8.78 Å². The second-order valence-corrected chi connectivity index (χ2v) is 5.46. The number of hydrogen-bond acceptors (Lipinski definition) is 4. The van der Waals surface area contributed by atoms with Crippen molar-refractivity contribution in [3.8, 4) is 11.6 Å². The van der Waals surface area contributed by atoms with Crippen LogP contribution in [0.25, 0.3) is 0 Å². The molecule has 1 heterocycles. The molecule has 1 saturated carbocycles. The number of carbonyl (C=O) groups is 1. The van der Waals surface area contributed by atoms with Gasteiger partial charge in [-0.3, -0.25) is 4.79 Å². The Bertz CT molecular complexity index is 722. The first-order valence-corrected chi connectivity index (χ1v) is 7.42. The third-order valence-corrected chi connectivity index (χ3v) is 3.84. The number of carbonyl (C=O) groups excluding carboxylic acids is 1. The molecule has 24 heavy (non-hydrogen) atoms. The second-order valence-electron chi connectivity index (χ2n) is 5.46. The highest BCUT2D eigenvalue weighted by Gasteiger charge is 2.39. The first-order chi connectivity index (χ1) is 11.6. The third-order valence-electron chi connectivity index (χ3n) is 3.84. The summed E-state index contributed by atoms with van der Waals surface area (Å²) in [6.07, 6.45) is 2.06. The standard InChI is InChI=1S/C17H16F2N2O3/c1-23-12-4-2-3-10(7-12)13-8-14(13)21-16(22)11-5-6-15(20-9-11)24-17(18)19/h2-7,9,13-14,17H,8H2,1H3,(H,21,22)/t13-,14+/m0/s1. The molecule has 2 aromatic rings. The van der Waals surface area contributed by atoms with Crippen LogP contribution in [-0.4, -0.2) is 30.7 Å². The molecule has 0 radical (unpaired) electrons. The van der Waals surface area contributed by atoms with E-state index in [-0.39, 0.29) is 23.7 Å². The number of benzene rings is 1. The van der Waals surface area contributed by atoms with Crippen molar-refractivity contribution in [1.82, 2.24) is 10.3 Å². The van der Waals surface area contributed by atoms with E-state index in [2.05, 4.69) is 15.0 Å². The molecule has 1 aromatic heterocycles. The lowest BCUT2D eigenvalue weighted by atomic mass is 10.1. The van der Waals surface area contributed by atoms with Gasteiger partial charge in [-0.25, -0.2) is 4.98 Å². The number of hydrogen-bond donors (Lipinski definition) is 1. The molecule has 7 heteroatoms. The largest absolute Gasteiger partial charge is 0.497 e. The maximum Gasteiger partial charge on any atom is 0.388 e. The predicted octanol–water partition coefficient (Wildman–Crippen LogP) is 2.98. The molecule has 1 aromatic carbocycles. The van der Waals surface area contributed by atoms with Gasteiger partial charge < -0.3 is 14.8 Å². The highest BCUT2D eigenvalue weighted by atomic mass is 19.3. The van der Waals surface area contributed by atoms with E-state index in [0.29, 0.717) is 5.56 Å². The monoisotopic (exact) mass is 334 g/mol. The van der Waals surface area contributed by atoms with Gasteiger partial charge in [0.25, 0.3) is 5.91 Å². The molecular formula is C17H16F2N2O3. The first kappa shape index (κ1) is 16.2. The van der Waals surface area contributed by atoms with E-state index in [1.54, 1.807) is 7.11 Å². The minimum Gasteiger partial charge on any atom is -0.497 e. The van der Waals surface area contributed by atoms with Crippen LogP contribution in [0.15, 0.2) is 42.6 Å². The summed E-state index contributed by atoms with van der Waals surface area (Å²) >= 11 is 0. The number of nitrogens with zero attached hydrogens (tertiary/aromatic N) is 1. The van der Waals surface area contributed by atoms with Gasteiger partial charge in [0.15, 0.2) is 0 Å². The normalized spacial score (nSPS) is 19.0. The average molecular weight is 334 g/mol. The van der Waals surface area contributed by atoms with E-state index in [1.165, 1.54) is 18.3 Å². The summed E-state index contributed by atoms with van der Waals surface area (Å²) in [5, 5.41) is 2.91. The van der Waals surface area contributed by atoms with Gasteiger partial charge in [0.1, 0.15) is 5.75 Å². The fraction of sp³-hybridized carbons (Fsp3) is 0.294. The number of amides is 1. The quantitative estimate of drug-likeness (QED) is 0.882. The van der Waals surface area contributed by atoms with Gasteiger partial charge in [0.2, 0.25) is 5.88 Å². The summed E-state index contributed by atoms with van der Waals surface area (Å²) in [7, 11) is 1.61. The smallest absolute Gasteiger partial charge is 0.388 e. The van der Waals surface area contributed by atoms with E-state index in [9.17, 15) is 13.6 Å². The van der Waals surface area contributed by atoms with Crippen molar-refractivity contribution in [2.45, 2.75) is 25.0 Å². The number of aromatic nitrogens is 1. The van der Waals surface area contributed by atoms with Gasteiger partial charge >= 0.3 is 6.61 Å². The number of halogens is 2. The van der Waals surface area contributed by atoms with Crippen molar-refractivity contribution in [1.29, 1.82) is 0 Å². The molecular weight excluding hydrogens is 318 g/mol. The maximum atomic E-state index is 12.2. The van der Waals surface area contributed by atoms with Crippen LogP contribution in [0.2, 0.25) is 0 Å². The first-order valence-electron chi connectivity index (χ1n) is 7.42. The van der Waals surface area contributed by atoms with Crippen molar-refractivity contribution in [3.05, 3.63) is 53.7 Å². The number of ether oxygens (including phenoxy) is 2. The molecule has 1 aliphatic carbocycles. The van der Waals surface area contributed by atoms with E-state index < -0.39 is 6.61 Å². The summed E-state index contributed by atoms with van der Waals surface area (Å²) < 4.78 is 33.5. The van der Waals surface area contributed by atoms with E-state index in [0.717, 1.165) is 17.7 Å². The maximum absolute atomic E-state index is 12.2. The number of alkyl halides is 2. The Balaban J connectivity index is 1.58. The molecule has 2 atom stereocenters. The summed E-state index contributed by atoms with van der Waals surface area (Å²) in [6, 6.07) is 10.4. The van der Waals surface area contributed by atoms with Gasteiger partial charge in [0.05, 0.1) is 12.7 Å². The Morgan fingerprint density at radius 2 is 2.17 bits per heavy atom. The predicted molar refractivity (Wildman–Crippen MR) is 82.5 cm³/mol. The fourth-order valence-corrected chi connectivity index (χ4v) is 2.52. The lowest BCUT2D eigenvalue weighted by molar-refractivity contribution is -0.0528. The fourth-order valence-electron chi connectivity index (χ4n) is 2.52. The lowest BCUT2D eigenvalue weighted by Crippen LogP contribution is -2.26. The number of nitrogens with one attached hydrogen (secondary N) is 1. The summed E-state index contributed by atoms with van der Waals surface area (Å²) in [5.74, 6) is 0.519. The molecule has 0 saturated heterocycles. The van der Waals surface area contributed by atoms with Crippen LogP contribution < -0.4 is 14.8 Å². The summed E-state index contributed by atoms with van der Waals surface area (Å²) in [4.78, 5) is 15.9. The molecule has 1 fully saturated rings. The van der Waals surface area contributed by atoms with Gasteiger partial charge in [-0.2, -0.15) is 8.78 Å². The van der Waals surface area contributed by atoms with E-state index in [4.69, 9.17) is 4.74 Å². The topological polar surface area (TPSA) is 60.5 Å². The van der Waals surface area contributed by atoms with Crippen LogP contribution in [0, 0.1) is 0 Å². The van der Waals surface area contributed by atoms with E-state index >= 15 is 0 Å². The summed E-state index contributed by atoms with van der Waals surface area (Å²) in [5.41, 5.74) is 1.41. The molecule has 1 N–H and O–H groups in total. The van der Waals surface area contributed by atoms with Crippen LogP contribution >= 0.6 is 0 Å². The highest BCUT2D eigenvalue weighted by Crippen LogP contribution is 2.41. The van der Waals surface area contributed by atoms with Crippen LogP contribution in [0.5, 0.6) is 11.6 Å². The Morgan fingerprint density at radius 1 is 1.33 bits per heavy atom. The van der Waals surface area contributed by atoms with Crippen molar-refractivity contribution in [3.63, 3.8) is 0 Å².